The maximum atomic E-state index is 5.12. The Kier molecular flexibility index (Phi) is 4.05. The Morgan fingerprint density at radius 3 is 3.00 bits per heavy atom. The van der Waals surface area contributed by atoms with Crippen molar-refractivity contribution < 1.29 is 4.74 Å². The van der Waals surface area contributed by atoms with Crippen LogP contribution in [0.5, 0.6) is 0 Å². The first-order valence-corrected chi connectivity index (χ1v) is 6.48. The molecule has 2 unspecified atom stereocenters. The van der Waals surface area contributed by atoms with Crippen LogP contribution in [-0.4, -0.2) is 29.3 Å². The molecule has 1 aromatic rings. The molecule has 0 bridgehead atoms. The van der Waals surface area contributed by atoms with Crippen LogP contribution >= 0.6 is 0 Å². The Morgan fingerprint density at radius 1 is 1.53 bits per heavy atom. The summed E-state index contributed by atoms with van der Waals surface area (Å²) in [7, 11) is 1.73. The highest BCUT2D eigenvalue weighted by Gasteiger charge is 2.22. The van der Waals surface area contributed by atoms with Crippen LogP contribution in [-0.2, 0) is 11.3 Å². The molecule has 1 aliphatic rings. The van der Waals surface area contributed by atoms with Crippen molar-refractivity contribution in [1.82, 2.24) is 9.55 Å². The van der Waals surface area contributed by atoms with Crippen LogP contribution in [0.2, 0.25) is 0 Å². The lowest BCUT2D eigenvalue weighted by Gasteiger charge is -2.14. The van der Waals surface area contributed by atoms with Gasteiger partial charge in [0.05, 0.1) is 12.3 Å². The first-order valence-electron chi connectivity index (χ1n) is 6.48. The number of anilines is 1. The van der Waals surface area contributed by atoms with Crippen LogP contribution in [0, 0.1) is 12.8 Å². The lowest BCUT2D eigenvalue weighted by Crippen LogP contribution is -2.19. The number of hydrogen-bond acceptors (Lipinski definition) is 3. The molecular weight excluding hydrogens is 214 g/mol. The minimum atomic E-state index is 0.591. The van der Waals surface area contributed by atoms with Gasteiger partial charge in [0, 0.05) is 25.9 Å². The van der Waals surface area contributed by atoms with Gasteiger partial charge in [-0.3, -0.25) is 0 Å². The molecule has 2 atom stereocenters. The van der Waals surface area contributed by atoms with E-state index in [1.165, 1.54) is 19.3 Å². The topological polar surface area (TPSA) is 39.1 Å². The highest BCUT2D eigenvalue weighted by molar-refractivity contribution is 5.30. The maximum Gasteiger partial charge on any atom is 0.203 e. The van der Waals surface area contributed by atoms with E-state index in [-0.39, 0.29) is 0 Å². The molecule has 17 heavy (non-hydrogen) atoms. The third-order valence-electron chi connectivity index (χ3n) is 3.46. The van der Waals surface area contributed by atoms with Crippen LogP contribution < -0.4 is 5.32 Å². The van der Waals surface area contributed by atoms with Crippen molar-refractivity contribution in [1.29, 1.82) is 0 Å². The Labute approximate surface area is 103 Å². The summed E-state index contributed by atoms with van der Waals surface area (Å²) in [5, 5.41) is 3.57. The number of nitrogens with zero attached hydrogens (tertiary/aromatic N) is 2. The third kappa shape index (κ3) is 3.22. The molecule has 2 rings (SSSR count). The smallest absolute Gasteiger partial charge is 0.203 e. The van der Waals surface area contributed by atoms with Gasteiger partial charge in [-0.15, -0.1) is 0 Å². The first kappa shape index (κ1) is 12.4. The second kappa shape index (κ2) is 5.54. The van der Waals surface area contributed by atoms with Gasteiger partial charge in [-0.05, 0) is 32.1 Å². The molecule has 1 N–H and O–H groups in total. The van der Waals surface area contributed by atoms with Gasteiger partial charge in [-0.1, -0.05) is 6.92 Å². The lowest BCUT2D eigenvalue weighted by atomic mass is 10.1. The summed E-state index contributed by atoms with van der Waals surface area (Å²) in [4.78, 5) is 4.55. The molecule has 0 saturated heterocycles. The van der Waals surface area contributed by atoms with Crippen molar-refractivity contribution in [3.05, 3.63) is 11.9 Å². The summed E-state index contributed by atoms with van der Waals surface area (Å²) >= 11 is 0. The summed E-state index contributed by atoms with van der Waals surface area (Å²) in [5.41, 5.74) is 1.06. The van der Waals surface area contributed by atoms with E-state index >= 15 is 0 Å². The molecule has 0 aliphatic heterocycles. The molecule has 1 aromatic heterocycles. The molecular formula is C13H23N3O. The summed E-state index contributed by atoms with van der Waals surface area (Å²) in [6, 6.07) is 0.591. The van der Waals surface area contributed by atoms with E-state index in [0.29, 0.717) is 6.04 Å². The highest BCUT2D eigenvalue weighted by Crippen LogP contribution is 2.27. The fraction of sp³-hybridized carbons (Fsp3) is 0.769. The number of imidazole rings is 1. The Balaban J connectivity index is 1.99. The average molecular weight is 237 g/mol. The first-order chi connectivity index (χ1) is 8.19. The fourth-order valence-electron chi connectivity index (χ4n) is 2.54. The number of ether oxygens (including phenoxy) is 1. The molecule has 1 heterocycles. The van der Waals surface area contributed by atoms with Crippen molar-refractivity contribution in [3.63, 3.8) is 0 Å². The standard InChI is InChI=1S/C13H23N3O/c1-10-4-5-12(8-10)15-13-14-11(2)9-16(13)6-7-17-3/h9-10,12H,4-8H2,1-3H3,(H,14,15). The molecule has 4 heteroatoms. The number of hydrogen-bond donors (Lipinski definition) is 1. The SMILES string of the molecule is COCCn1cc(C)nc1NC1CCC(C)C1. The maximum absolute atomic E-state index is 5.12. The zero-order valence-electron chi connectivity index (χ0n) is 11.1. The molecule has 0 spiro atoms. The van der Waals surface area contributed by atoms with E-state index in [1.807, 2.05) is 6.92 Å². The van der Waals surface area contributed by atoms with Gasteiger partial charge in [0.2, 0.25) is 5.95 Å². The molecule has 0 aromatic carbocycles. The van der Waals surface area contributed by atoms with Crippen LogP contribution in [0.3, 0.4) is 0 Å². The number of aromatic nitrogens is 2. The monoisotopic (exact) mass is 237 g/mol. The number of methoxy groups -OCH3 is 1. The normalized spacial score (nSPS) is 24.2. The van der Waals surface area contributed by atoms with Crippen LogP contribution in [0.15, 0.2) is 6.20 Å². The van der Waals surface area contributed by atoms with Gasteiger partial charge in [0.1, 0.15) is 0 Å². The highest BCUT2D eigenvalue weighted by atomic mass is 16.5. The third-order valence-corrected chi connectivity index (χ3v) is 3.46. The van der Waals surface area contributed by atoms with E-state index in [2.05, 4.69) is 28.0 Å². The molecule has 4 nitrogen and oxygen atoms in total. The number of aryl methyl sites for hydroxylation is 1. The van der Waals surface area contributed by atoms with Crippen molar-refractivity contribution >= 4 is 5.95 Å². The lowest BCUT2D eigenvalue weighted by molar-refractivity contribution is 0.187. The summed E-state index contributed by atoms with van der Waals surface area (Å²) in [5.74, 6) is 1.84. The minimum Gasteiger partial charge on any atom is -0.383 e. The van der Waals surface area contributed by atoms with Gasteiger partial charge >= 0.3 is 0 Å². The molecule has 1 aliphatic carbocycles. The average Bonchev–Trinajstić information content (AvgIpc) is 2.83. The second-order valence-corrected chi connectivity index (χ2v) is 5.15. The quantitative estimate of drug-likeness (QED) is 0.855. The predicted octanol–water partition coefficient (Wildman–Crippen LogP) is 2.44. The van der Waals surface area contributed by atoms with Crippen LogP contribution in [0.25, 0.3) is 0 Å². The zero-order chi connectivity index (χ0) is 12.3. The van der Waals surface area contributed by atoms with Gasteiger partial charge < -0.3 is 14.6 Å². The molecule has 0 amide bonds. The largest absolute Gasteiger partial charge is 0.383 e. The molecule has 96 valence electrons. The van der Waals surface area contributed by atoms with Crippen molar-refractivity contribution in [2.45, 2.75) is 45.7 Å². The van der Waals surface area contributed by atoms with Gasteiger partial charge in [0.25, 0.3) is 0 Å². The Hall–Kier alpha value is -1.03. The van der Waals surface area contributed by atoms with Gasteiger partial charge in [-0.2, -0.15) is 0 Å². The van der Waals surface area contributed by atoms with E-state index in [0.717, 1.165) is 30.7 Å². The second-order valence-electron chi connectivity index (χ2n) is 5.15. The van der Waals surface area contributed by atoms with Crippen molar-refractivity contribution in [2.75, 3.05) is 19.0 Å². The zero-order valence-corrected chi connectivity index (χ0v) is 11.1. The van der Waals surface area contributed by atoms with E-state index in [1.54, 1.807) is 7.11 Å². The van der Waals surface area contributed by atoms with Crippen LogP contribution in [0.4, 0.5) is 5.95 Å². The van der Waals surface area contributed by atoms with E-state index in [4.69, 9.17) is 4.74 Å². The predicted molar refractivity (Wildman–Crippen MR) is 69.3 cm³/mol. The Bertz CT molecular complexity index is 362. The number of nitrogens with one attached hydrogen (secondary N) is 1. The summed E-state index contributed by atoms with van der Waals surface area (Å²) < 4.78 is 7.28. The number of rotatable bonds is 5. The molecule has 0 radical (unpaired) electrons. The fourth-order valence-corrected chi connectivity index (χ4v) is 2.54. The summed E-state index contributed by atoms with van der Waals surface area (Å²) in [6.45, 7) is 5.95. The van der Waals surface area contributed by atoms with Crippen molar-refractivity contribution in [2.24, 2.45) is 5.92 Å². The van der Waals surface area contributed by atoms with E-state index in [9.17, 15) is 0 Å². The van der Waals surface area contributed by atoms with Gasteiger partial charge in [0.15, 0.2) is 0 Å². The molecule has 1 saturated carbocycles. The summed E-state index contributed by atoms with van der Waals surface area (Å²) in [6.07, 6.45) is 5.93. The minimum absolute atomic E-state index is 0.591. The van der Waals surface area contributed by atoms with Crippen molar-refractivity contribution in [3.8, 4) is 0 Å². The van der Waals surface area contributed by atoms with E-state index < -0.39 is 0 Å². The molecule has 1 fully saturated rings. The van der Waals surface area contributed by atoms with Crippen LogP contribution in [0.1, 0.15) is 31.9 Å². The van der Waals surface area contributed by atoms with Gasteiger partial charge in [-0.25, -0.2) is 4.98 Å². The Morgan fingerprint density at radius 2 is 2.35 bits per heavy atom.